The monoisotopic (exact) mass is 672 g/mol. The Balaban J connectivity index is 1.08. The Kier molecular flexibility index (Phi) is 6.21. The number of rotatable bonds is 4. The van der Waals surface area contributed by atoms with E-state index < -0.39 is 0 Å². The molecule has 0 amide bonds. The largest absolute Gasteiger partial charge is 0.484 e. The summed E-state index contributed by atoms with van der Waals surface area (Å²) >= 11 is 1.75. The van der Waals surface area contributed by atoms with E-state index in [2.05, 4.69) is 146 Å². The highest BCUT2D eigenvalue weighted by Gasteiger charge is 2.33. The van der Waals surface area contributed by atoms with Crippen LogP contribution in [0.2, 0.25) is 0 Å². The van der Waals surface area contributed by atoms with Crippen LogP contribution in [0.1, 0.15) is 11.5 Å². The summed E-state index contributed by atoms with van der Waals surface area (Å²) in [6, 6.07) is 46.8. The minimum Gasteiger partial charge on any atom is -0.484 e. The number of hydrogen-bond acceptors (Lipinski definition) is 5. The number of nitrogens with zero attached hydrogens (tertiary/aromatic N) is 2. The molecular weight excluding hydrogens is 645 g/mol. The topological polar surface area (TPSA) is 48.2 Å². The van der Waals surface area contributed by atoms with Crippen LogP contribution < -0.4 is 4.74 Å². The molecule has 3 aromatic heterocycles. The average Bonchev–Trinajstić information content (AvgIpc) is 3.89. The number of hydrogen-bond donors (Lipinski definition) is 0. The van der Waals surface area contributed by atoms with E-state index in [-0.39, 0.29) is 12.0 Å². The summed E-state index contributed by atoms with van der Waals surface area (Å²) in [5.41, 5.74) is 11.2. The van der Waals surface area contributed by atoms with Crippen LogP contribution >= 0.6 is 11.3 Å². The molecule has 51 heavy (non-hydrogen) atoms. The van der Waals surface area contributed by atoms with E-state index in [0.717, 1.165) is 82.4 Å². The van der Waals surface area contributed by atoms with Crippen molar-refractivity contribution in [1.29, 1.82) is 0 Å². The van der Waals surface area contributed by atoms with E-state index in [1.165, 1.54) is 10.3 Å². The Labute approximate surface area is 297 Å². The quantitative estimate of drug-likeness (QED) is 0.187. The second kappa shape index (κ2) is 11.1. The molecule has 4 nitrogen and oxygen atoms in total. The van der Waals surface area contributed by atoms with Gasteiger partial charge in [0.05, 0.1) is 15.9 Å². The Bertz CT molecular complexity index is 2930. The maximum absolute atomic E-state index is 6.55. The number of furan rings is 1. The fraction of sp³-hybridized carbons (Fsp3) is 0.0435. The zero-order valence-corrected chi connectivity index (χ0v) is 28.1. The van der Waals surface area contributed by atoms with Crippen LogP contribution in [-0.4, -0.2) is 16.1 Å². The molecule has 6 aromatic carbocycles. The van der Waals surface area contributed by atoms with Crippen LogP contribution in [0.5, 0.6) is 5.75 Å². The van der Waals surface area contributed by atoms with Gasteiger partial charge in [0, 0.05) is 54.6 Å². The number of para-hydroxylation sites is 3. The lowest BCUT2D eigenvalue weighted by Crippen LogP contribution is -2.15. The van der Waals surface area contributed by atoms with Crippen LogP contribution in [-0.2, 0) is 0 Å². The summed E-state index contributed by atoms with van der Waals surface area (Å²) < 4.78 is 15.2. The number of aromatic nitrogens is 2. The van der Waals surface area contributed by atoms with Crippen molar-refractivity contribution < 1.29 is 9.15 Å². The van der Waals surface area contributed by atoms with Gasteiger partial charge in [-0.15, -0.1) is 11.3 Å². The first kappa shape index (κ1) is 28.5. The van der Waals surface area contributed by atoms with Crippen molar-refractivity contribution in [2.75, 3.05) is 0 Å². The smallest absolute Gasteiger partial charge is 0.160 e. The Morgan fingerprint density at radius 1 is 0.569 bits per heavy atom. The SMILES string of the molecule is C1=CC2Oc3c(-c4cccc(-c5nc(-c6cccc(-c7cccc8c7oc7ccccc78)c6)nc6c5sc5ccccc56)c4)cccc3C2C=C1. The van der Waals surface area contributed by atoms with Crippen LogP contribution in [0, 0.1) is 0 Å². The van der Waals surface area contributed by atoms with Crippen LogP contribution in [0.15, 0.2) is 162 Å². The summed E-state index contributed by atoms with van der Waals surface area (Å²) in [4.78, 5) is 10.6. The molecule has 0 bridgehead atoms. The van der Waals surface area contributed by atoms with Gasteiger partial charge in [-0.1, -0.05) is 127 Å². The lowest BCUT2D eigenvalue weighted by molar-refractivity contribution is 0.270. The predicted molar refractivity (Wildman–Crippen MR) is 209 cm³/mol. The number of benzene rings is 6. The molecule has 1 aliphatic carbocycles. The second-order valence-corrected chi connectivity index (χ2v) is 14.3. The van der Waals surface area contributed by atoms with Gasteiger partial charge in [-0.05, 0) is 41.5 Å². The number of thiophene rings is 1. The Morgan fingerprint density at radius 2 is 1.27 bits per heavy atom. The van der Waals surface area contributed by atoms with Gasteiger partial charge in [-0.25, -0.2) is 9.97 Å². The summed E-state index contributed by atoms with van der Waals surface area (Å²) in [7, 11) is 0. The van der Waals surface area contributed by atoms with Crippen molar-refractivity contribution >= 4 is 53.6 Å². The molecule has 2 aliphatic rings. The fourth-order valence-electron chi connectivity index (χ4n) is 7.84. The molecule has 2 atom stereocenters. The summed E-state index contributed by atoms with van der Waals surface area (Å²) in [6.07, 6.45) is 8.61. The van der Waals surface area contributed by atoms with Crippen molar-refractivity contribution in [1.82, 2.24) is 9.97 Å². The molecule has 4 heterocycles. The molecule has 0 saturated carbocycles. The van der Waals surface area contributed by atoms with Crippen molar-refractivity contribution in [3.05, 3.63) is 163 Å². The third-order valence-electron chi connectivity index (χ3n) is 10.2. The highest BCUT2D eigenvalue weighted by Crippen LogP contribution is 2.47. The molecule has 11 rings (SSSR count). The van der Waals surface area contributed by atoms with Crippen LogP contribution in [0.3, 0.4) is 0 Å². The molecule has 0 N–H and O–H groups in total. The zero-order chi connectivity index (χ0) is 33.5. The standard InChI is InChI=1S/C46H28N2O2S/c1-4-22-38-33(15-1)35-20-9-18-31(43(35)49-38)27-11-7-13-29(25-27)41-45-42(37-17-3-6-24-40(37)51-45)48-46(47-41)30-14-8-12-28(26-30)32-19-10-21-36-34-16-2-5-23-39(34)50-44(32)36/h1-26,33,38H. The van der Waals surface area contributed by atoms with E-state index in [1.54, 1.807) is 11.3 Å². The molecule has 5 heteroatoms. The first-order valence-electron chi connectivity index (χ1n) is 17.2. The molecule has 9 aromatic rings. The van der Waals surface area contributed by atoms with Crippen LogP contribution in [0.25, 0.3) is 87.1 Å². The van der Waals surface area contributed by atoms with Crippen LogP contribution in [0.4, 0.5) is 0 Å². The molecule has 0 fully saturated rings. The molecule has 240 valence electrons. The Morgan fingerprint density at radius 3 is 2.22 bits per heavy atom. The van der Waals surface area contributed by atoms with Gasteiger partial charge in [0.1, 0.15) is 23.0 Å². The second-order valence-electron chi connectivity index (χ2n) is 13.2. The van der Waals surface area contributed by atoms with Crippen molar-refractivity contribution in [3.8, 4) is 50.6 Å². The van der Waals surface area contributed by atoms with Gasteiger partial charge >= 0.3 is 0 Å². The number of ether oxygens (including phenoxy) is 1. The van der Waals surface area contributed by atoms with E-state index >= 15 is 0 Å². The molecule has 0 saturated heterocycles. The van der Waals surface area contributed by atoms with Gasteiger partial charge in [-0.2, -0.15) is 0 Å². The molecular formula is C46H28N2O2S. The Hall–Kier alpha value is -6.30. The first-order valence-corrected chi connectivity index (χ1v) is 18.0. The first-order chi connectivity index (χ1) is 25.3. The molecule has 1 aliphatic heterocycles. The fourth-order valence-corrected chi connectivity index (χ4v) is 9.00. The minimum atomic E-state index is 0.0338. The molecule has 2 unspecified atom stereocenters. The van der Waals surface area contributed by atoms with Crippen molar-refractivity contribution in [2.24, 2.45) is 0 Å². The third kappa shape index (κ3) is 4.45. The summed E-state index contributed by atoms with van der Waals surface area (Å²) in [5.74, 6) is 1.90. The van der Waals surface area contributed by atoms with Gasteiger partial charge in [-0.3, -0.25) is 0 Å². The highest BCUT2D eigenvalue weighted by atomic mass is 32.1. The lowest BCUT2D eigenvalue weighted by atomic mass is 9.90. The van der Waals surface area contributed by atoms with E-state index in [1.807, 2.05) is 12.1 Å². The number of fused-ring (bicyclic) bond motifs is 9. The predicted octanol–water partition coefficient (Wildman–Crippen LogP) is 12.4. The maximum Gasteiger partial charge on any atom is 0.160 e. The van der Waals surface area contributed by atoms with Gasteiger partial charge in [0.2, 0.25) is 0 Å². The van der Waals surface area contributed by atoms with Crippen molar-refractivity contribution in [3.63, 3.8) is 0 Å². The lowest BCUT2D eigenvalue weighted by Gasteiger charge is -2.14. The number of allylic oxidation sites excluding steroid dienone is 2. The van der Waals surface area contributed by atoms with Crippen molar-refractivity contribution in [2.45, 2.75) is 12.0 Å². The third-order valence-corrected chi connectivity index (χ3v) is 11.4. The average molecular weight is 673 g/mol. The van der Waals surface area contributed by atoms with E-state index in [0.29, 0.717) is 5.82 Å². The van der Waals surface area contributed by atoms with Gasteiger partial charge in [0.15, 0.2) is 5.82 Å². The summed E-state index contributed by atoms with van der Waals surface area (Å²) in [6.45, 7) is 0. The zero-order valence-electron chi connectivity index (χ0n) is 27.3. The van der Waals surface area contributed by atoms with E-state index in [4.69, 9.17) is 19.1 Å². The highest BCUT2D eigenvalue weighted by molar-refractivity contribution is 7.26. The maximum atomic E-state index is 6.55. The van der Waals surface area contributed by atoms with E-state index in [9.17, 15) is 0 Å². The van der Waals surface area contributed by atoms with Gasteiger partial charge < -0.3 is 9.15 Å². The van der Waals surface area contributed by atoms with Gasteiger partial charge in [0.25, 0.3) is 0 Å². The summed E-state index contributed by atoms with van der Waals surface area (Å²) in [5, 5.41) is 3.37. The normalized spacial score (nSPS) is 16.2. The molecule has 0 radical (unpaired) electrons. The molecule has 0 spiro atoms. The minimum absolute atomic E-state index is 0.0338.